The Morgan fingerprint density at radius 3 is 2.71 bits per heavy atom. The van der Waals surface area contributed by atoms with Gasteiger partial charge in [0.05, 0.1) is 0 Å². The van der Waals surface area contributed by atoms with Crippen molar-refractivity contribution in [3.63, 3.8) is 0 Å². The number of nitrogens with one attached hydrogen (secondary N) is 2. The van der Waals surface area contributed by atoms with E-state index in [1.165, 1.54) is 0 Å². The summed E-state index contributed by atoms with van der Waals surface area (Å²) in [7, 11) is 0. The number of aryl methyl sites for hydroxylation is 2. The van der Waals surface area contributed by atoms with Gasteiger partial charge in [-0.2, -0.15) is 4.98 Å². The lowest BCUT2D eigenvalue weighted by molar-refractivity contribution is -0.122. The number of carbonyl (C=O) groups is 1. The maximum Gasteiger partial charge on any atom is 0.242 e. The van der Waals surface area contributed by atoms with Crippen LogP contribution in [0.3, 0.4) is 0 Å². The molecule has 0 aliphatic carbocycles. The van der Waals surface area contributed by atoms with Gasteiger partial charge >= 0.3 is 0 Å². The number of hydrogen-bond acceptors (Lipinski definition) is 7. The van der Waals surface area contributed by atoms with Crippen molar-refractivity contribution in [2.45, 2.75) is 52.5 Å². The molecule has 2 N–H and O–H groups in total. The number of ether oxygens (including phenoxy) is 1. The monoisotopic (exact) mass is 465 g/mol. The van der Waals surface area contributed by atoms with Crippen LogP contribution in [-0.4, -0.2) is 56.2 Å². The second-order valence-electron chi connectivity index (χ2n) is 8.50. The average Bonchev–Trinajstić information content (AvgIpc) is 3.38. The van der Waals surface area contributed by atoms with Crippen molar-refractivity contribution in [3.8, 4) is 5.95 Å². The smallest absolute Gasteiger partial charge is 0.242 e. The first-order valence-electron chi connectivity index (χ1n) is 11.9. The molecule has 0 aliphatic heterocycles. The fraction of sp³-hybridized carbons (Fsp3) is 0.480. The van der Waals surface area contributed by atoms with Gasteiger partial charge in [0.25, 0.3) is 0 Å². The zero-order chi connectivity index (χ0) is 24.2. The first-order valence-corrected chi connectivity index (χ1v) is 11.9. The fourth-order valence-corrected chi connectivity index (χ4v) is 3.52. The summed E-state index contributed by atoms with van der Waals surface area (Å²) in [6.07, 6.45) is 9.88. The van der Waals surface area contributed by atoms with Crippen LogP contribution in [0, 0.1) is 5.92 Å². The highest BCUT2D eigenvalue weighted by Gasteiger charge is 2.21. The fourth-order valence-electron chi connectivity index (χ4n) is 3.52. The molecular formula is C25H35N7O2. The molecule has 0 saturated heterocycles. The average molecular weight is 466 g/mol. The largest absolute Gasteiger partial charge is 0.382 e. The van der Waals surface area contributed by atoms with Crippen LogP contribution in [0.1, 0.15) is 45.0 Å². The molecule has 0 unspecified atom stereocenters. The van der Waals surface area contributed by atoms with E-state index in [1.807, 2.05) is 31.2 Å². The Hall–Kier alpha value is -3.33. The molecule has 1 atom stereocenters. The molecule has 3 aromatic rings. The van der Waals surface area contributed by atoms with E-state index < -0.39 is 6.04 Å². The molecule has 9 heteroatoms. The van der Waals surface area contributed by atoms with E-state index in [0.29, 0.717) is 50.3 Å². The van der Waals surface area contributed by atoms with Crippen LogP contribution in [0.25, 0.3) is 5.95 Å². The summed E-state index contributed by atoms with van der Waals surface area (Å²) in [6.45, 7) is 8.07. The van der Waals surface area contributed by atoms with Gasteiger partial charge in [-0.05, 0) is 50.7 Å². The highest BCUT2D eigenvalue weighted by atomic mass is 16.5. The van der Waals surface area contributed by atoms with Gasteiger partial charge in [0.2, 0.25) is 11.9 Å². The first-order chi connectivity index (χ1) is 16.5. The van der Waals surface area contributed by atoms with Crippen LogP contribution < -0.4 is 10.6 Å². The molecule has 0 saturated carbocycles. The zero-order valence-corrected chi connectivity index (χ0v) is 20.3. The van der Waals surface area contributed by atoms with Crippen LogP contribution in [-0.2, 0) is 22.4 Å². The second kappa shape index (κ2) is 13.4. The van der Waals surface area contributed by atoms with Crippen LogP contribution in [0.4, 0.5) is 5.82 Å². The Labute approximate surface area is 201 Å². The van der Waals surface area contributed by atoms with Crippen molar-refractivity contribution in [1.82, 2.24) is 29.8 Å². The standard InChI is InChI=1S/C25H35N7O2/c1-4-34-15-7-12-28-24(33)22(16-19(2)3)30-23-17-21(10-9-20-8-5-6-11-27-20)29-25(31-23)32-14-13-26-18-32/h5-6,8,11,13-14,17-19,22H,4,7,9-10,12,15-16H2,1-3H3,(H,28,33)(H,29,30,31)/t22-/m0/s1. The van der Waals surface area contributed by atoms with Crippen molar-refractivity contribution in [2.75, 3.05) is 25.1 Å². The molecule has 3 rings (SSSR count). The Kier molecular flexibility index (Phi) is 9.97. The van der Waals surface area contributed by atoms with Gasteiger partial charge in [-0.15, -0.1) is 0 Å². The molecule has 9 nitrogen and oxygen atoms in total. The third-order valence-electron chi connectivity index (χ3n) is 5.18. The molecule has 0 radical (unpaired) electrons. The number of aromatic nitrogens is 5. The van der Waals surface area contributed by atoms with Crippen molar-refractivity contribution >= 4 is 11.7 Å². The van der Waals surface area contributed by atoms with E-state index in [-0.39, 0.29) is 5.91 Å². The molecule has 0 aromatic carbocycles. The number of anilines is 1. The molecule has 3 heterocycles. The molecule has 1 amide bonds. The lowest BCUT2D eigenvalue weighted by Gasteiger charge is -2.21. The minimum Gasteiger partial charge on any atom is -0.382 e. The number of amides is 1. The van der Waals surface area contributed by atoms with Crippen LogP contribution in [0.5, 0.6) is 0 Å². The highest BCUT2D eigenvalue weighted by molar-refractivity contribution is 5.84. The van der Waals surface area contributed by atoms with Crippen LogP contribution >= 0.6 is 0 Å². The molecule has 0 aliphatic rings. The van der Waals surface area contributed by atoms with E-state index in [1.54, 1.807) is 29.5 Å². The summed E-state index contributed by atoms with van der Waals surface area (Å²) in [5.74, 6) is 1.43. The number of hydrogen-bond donors (Lipinski definition) is 2. The van der Waals surface area contributed by atoms with Crippen LogP contribution in [0.15, 0.2) is 49.2 Å². The minimum absolute atomic E-state index is 0.0389. The number of pyridine rings is 1. The minimum atomic E-state index is -0.402. The molecule has 34 heavy (non-hydrogen) atoms. The summed E-state index contributed by atoms with van der Waals surface area (Å²) in [6, 6.07) is 7.41. The van der Waals surface area contributed by atoms with E-state index in [0.717, 1.165) is 24.2 Å². The molecule has 3 aromatic heterocycles. The maximum atomic E-state index is 12.9. The normalized spacial score (nSPS) is 12.0. The van der Waals surface area contributed by atoms with Gasteiger partial charge in [-0.25, -0.2) is 9.97 Å². The summed E-state index contributed by atoms with van der Waals surface area (Å²) in [5.41, 5.74) is 1.87. The van der Waals surface area contributed by atoms with E-state index in [2.05, 4.69) is 39.4 Å². The van der Waals surface area contributed by atoms with E-state index in [4.69, 9.17) is 9.72 Å². The summed E-state index contributed by atoms with van der Waals surface area (Å²) in [4.78, 5) is 30.8. The molecule has 0 fully saturated rings. The van der Waals surface area contributed by atoms with E-state index in [9.17, 15) is 4.79 Å². The van der Waals surface area contributed by atoms with Gasteiger partial charge in [-0.1, -0.05) is 19.9 Å². The molecule has 0 spiro atoms. The maximum absolute atomic E-state index is 12.9. The van der Waals surface area contributed by atoms with Gasteiger partial charge in [0.1, 0.15) is 18.2 Å². The number of imidazole rings is 1. The lowest BCUT2D eigenvalue weighted by Crippen LogP contribution is -2.41. The first kappa shape index (κ1) is 25.3. The second-order valence-corrected chi connectivity index (χ2v) is 8.50. The Morgan fingerprint density at radius 1 is 1.15 bits per heavy atom. The topological polar surface area (TPSA) is 107 Å². The third-order valence-corrected chi connectivity index (χ3v) is 5.18. The Morgan fingerprint density at radius 2 is 2.00 bits per heavy atom. The van der Waals surface area contributed by atoms with Crippen molar-refractivity contribution in [2.24, 2.45) is 5.92 Å². The summed E-state index contributed by atoms with van der Waals surface area (Å²) < 4.78 is 7.12. The van der Waals surface area contributed by atoms with Gasteiger partial charge in [0.15, 0.2) is 0 Å². The van der Waals surface area contributed by atoms with Gasteiger partial charge < -0.3 is 15.4 Å². The van der Waals surface area contributed by atoms with E-state index >= 15 is 0 Å². The quantitative estimate of drug-likeness (QED) is 0.352. The van der Waals surface area contributed by atoms with Gasteiger partial charge in [0, 0.05) is 55.8 Å². The number of rotatable bonds is 14. The predicted molar refractivity (Wildman–Crippen MR) is 132 cm³/mol. The summed E-state index contributed by atoms with van der Waals surface area (Å²) >= 11 is 0. The molecule has 0 bridgehead atoms. The lowest BCUT2D eigenvalue weighted by atomic mass is 10.0. The van der Waals surface area contributed by atoms with Crippen LogP contribution in [0.2, 0.25) is 0 Å². The summed E-state index contributed by atoms with van der Waals surface area (Å²) in [5, 5.41) is 6.38. The highest BCUT2D eigenvalue weighted by Crippen LogP contribution is 2.16. The van der Waals surface area contributed by atoms with Gasteiger partial charge in [-0.3, -0.25) is 14.3 Å². The number of carbonyl (C=O) groups excluding carboxylic acids is 1. The Balaban J connectivity index is 1.75. The third kappa shape index (κ3) is 8.22. The van der Waals surface area contributed by atoms with Crippen molar-refractivity contribution < 1.29 is 9.53 Å². The number of nitrogens with zero attached hydrogens (tertiary/aromatic N) is 5. The molecule has 182 valence electrons. The predicted octanol–water partition coefficient (Wildman–Crippen LogP) is 3.21. The zero-order valence-electron chi connectivity index (χ0n) is 20.3. The molecular weight excluding hydrogens is 430 g/mol. The Bertz CT molecular complexity index is 994. The SMILES string of the molecule is CCOCCCNC(=O)[C@H](CC(C)C)Nc1cc(CCc2ccccn2)nc(-n2ccnc2)n1. The van der Waals surface area contributed by atoms with Crippen molar-refractivity contribution in [3.05, 3.63) is 60.6 Å². The van der Waals surface area contributed by atoms with Crippen molar-refractivity contribution in [1.29, 1.82) is 0 Å².